The lowest BCUT2D eigenvalue weighted by Gasteiger charge is -2.25. The van der Waals surface area contributed by atoms with Crippen molar-refractivity contribution in [1.29, 1.82) is 0 Å². The van der Waals surface area contributed by atoms with Crippen LogP contribution in [0.15, 0.2) is 0 Å². The lowest BCUT2D eigenvalue weighted by molar-refractivity contribution is -0.152. The molecule has 0 aromatic rings. The van der Waals surface area contributed by atoms with Gasteiger partial charge in [-0.25, -0.2) is 13.1 Å². The van der Waals surface area contributed by atoms with Gasteiger partial charge in [-0.05, 0) is 18.8 Å². The van der Waals surface area contributed by atoms with Gasteiger partial charge in [0.25, 0.3) is 0 Å². The zero-order valence-corrected chi connectivity index (χ0v) is 15.1. The van der Waals surface area contributed by atoms with Gasteiger partial charge in [-0.15, -0.1) is 0 Å². The van der Waals surface area contributed by atoms with Gasteiger partial charge < -0.3 is 15.2 Å². The average molecular weight is 338 g/mol. The summed E-state index contributed by atoms with van der Waals surface area (Å²) in [6.45, 7) is 9.52. The van der Waals surface area contributed by atoms with E-state index in [1.165, 1.54) is 0 Å². The molecule has 3 N–H and O–H groups in total. The van der Waals surface area contributed by atoms with Crippen molar-refractivity contribution in [2.24, 2.45) is 17.6 Å². The van der Waals surface area contributed by atoms with Crippen LogP contribution in [0, 0.1) is 11.8 Å². The zero-order chi connectivity index (χ0) is 17.5. The molecule has 0 heterocycles. The lowest BCUT2D eigenvalue weighted by atomic mass is 10.1. The van der Waals surface area contributed by atoms with E-state index in [4.69, 9.17) is 15.2 Å². The molecule has 0 spiro atoms. The molecule has 0 fully saturated rings. The smallest absolute Gasteiger partial charge is 0.323 e. The van der Waals surface area contributed by atoms with E-state index < -0.39 is 28.1 Å². The average Bonchev–Trinajstić information content (AvgIpc) is 2.38. The Hall–Kier alpha value is -0.700. The van der Waals surface area contributed by atoms with E-state index in [0.29, 0.717) is 0 Å². The molecule has 0 radical (unpaired) electrons. The molecule has 0 aliphatic heterocycles. The highest BCUT2D eigenvalue weighted by Crippen LogP contribution is 2.10. The Morgan fingerprint density at radius 1 is 1.14 bits per heavy atom. The molecule has 0 aliphatic rings. The van der Waals surface area contributed by atoms with E-state index in [0.717, 1.165) is 6.26 Å². The van der Waals surface area contributed by atoms with Crippen LogP contribution in [0.3, 0.4) is 0 Å². The van der Waals surface area contributed by atoms with E-state index in [9.17, 15) is 13.2 Å². The van der Waals surface area contributed by atoms with E-state index in [-0.39, 0.29) is 31.1 Å². The summed E-state index contributed by atoms with van der Waals surface area (Å²) in [4.78, 5) is 11.8. The number of rotatable bonds is 10. The zero-order valence-electron chi connectivity index (χ0n) is 14.3. The molecular weight excluding hydrogens is 308 g/mol. The Bertz CT molecular complexity index is 437. The van der Waals surface area contributed by atoms with Crippen molar-refractivity contribution in [1.82, 2.24) is 4.72 Å². The standard InChI is InChI=1S/C14H30N2O5S/c1-9(2)11(5)21-12(7-16-22(6,18)19)8-20-14(17)13(15)10(3)4/h9-13,16H,7-8,15H2,1-6H3/t11-,12-,13-/m0/s1. The maximum absolute atomic E-state index is 11.8. The Morgan fingerprint density at radius 2 is 1.68 bits per heavy atom. The summed E-state index contributed by atoms with van der Waals surface area (Å²) in [7, 11) is -3.34. The summed E-state index contributed by atoms with van der Waals surface area (Å²) >= 11 is 0. The van der Waals surface area contributed by atoms with Gasteiger partial charge in [0.05, 0.1) is 12.4 Å². The molecule has 8 heteroatoms. The second-order valence-electron chi connectivity index (χ2n) is 6.23. The monoisotopic (exact) mass is 338 g/mol. The molecule has 0 saturated carbocycles. The second-order valence-corrected chi connectivity index (χ2v) is 8.06. The summed E-state index contributed by atoms with van der Waals surface area (Å²) < 4.78 is 35.7. The fraction of sp³-hybridized carbons (Fsp3) is 0.929. The van der Waals surface area contributed by atoms with Crippen LogP contribution in [0.2, 0.25) is 0 Å². The van der Waals surface area contributed by atoms with Gasteiger partial charge in [-0.2, -0.15) is 0 Å². The van der Waals surface area contributed by atoms with Crippen LogP contribution < -0.4 is 10.5 Å². The summed E-state index contributed by atoms with van der Waals surface area (Å²) in [5.74, 6) is -0.287. The van der Waals surface area contributed by atoms with Crippen molar-refractivity contribution in [2.75, 3.05) is 19.4 Å². The molecule has 0 aliphatic carbocycles. The predicted octanol–water partition coefficient (Wildman–Crippen LogP) is 0.492. The summed E-state index contributed by atoms with van der Waals surface area (Å²) in [6.07, 6.45) is 0.413. The number of hydrogen-bond acceptors (Lipinski definition) is 6. The van der Waals surface area contributed by atoms with Gasteiger partial charge in [-0.1, -0.05) is 27.7 Å². The normalized spacial score (nSPS) is 16.6. The number of nitrogens with two attached hydrogens (primary N) is 1. The Balaban J connectivity index is 4.61. The van der Waals surface area contributed by atoms with Gasteiger partial charge in [0, 0.05) is 6.54 Å². The van der Waals surface area contributed by atoms with Crippen LogP contribution in [0.5, 0.6) is 0 Å². The Labute approximate surface area is 134 Å². The first kappa shape index (κ1) is 21.3. The van der Waals surface area contributed by atoms with Crippen molar-refractivity contribution >= 4 is 16.0 Å². The molecule has 0 bridgehead atoms. The van der Waals surface area contributed by atoms with Crippen LogP contribution in [0.25, 0.3) is 0 Å². The number of hydrogen-bond donors (Lipinski definition) is 2. The SMILES string of the molecule is CC(C)[C@H](C)O[C@@H](CNS(C)(=O)=O)COC(=O)[C@@H](N)C(C)C. The van der Waals surface area contributed by atoms with Crippen LogP contribution in [-0.2, 0) is 24.3 Å². The highest BCUT2D eigenvalue weighted by molar-refractivity contribution is 7.88. The van der Waals surface area contributed by atoms with Crippen LogP contribution in [0.4, 0.5) is 0 Å². The number of carbonyl (C=O) groups is 1. The van der Waals surface area contributed by atoms with E-state index in [2.05, 4.69) is 4.72 Å². The number of carbonyl (C=O) groups excluding carboxylic acids is 1. The van der Waals surface area contributed by atoms with Crippen molar-refractivity contribution in [2.45, 2.75) is 52.9 Å². The van der Waals surface area contributed by atoms with Crippen LogP contribution in [0.1, 0.15) is 34.6 Å². The van der Waals surface area contributed by atoms with Gasteiger partial charge >= 0.3 is 5.97 Å². The van der Waals surface area contributed by atoms with E-state index in [1.807, 2.05) is 34.6 Å². The van der Waals surface area contributed by atoms with Crippen molar-refractivity contribution in [3.05, 3.63) is 0 Å². The fourth-order valence-corrected chi connectivity index (χ4v) is 1.88. The first-order chi connectivity index (χ1) is 9.94. The molecular formula is C14H30N2O5S. The van der Waals surface area contributed by atoms with Crippen LogP contribution in [-0.4, -0.2) is 52.0 Å². The first-order valence-corrected chi connectivity index (χ1v) is 9.35. The summed E-state index contributed by atoms with van der Waals surface area (Å²) in [6, 6.07) is -0.703. The minimum Gasteiger partial charge on any atom is -0.462 e. The Kier molecular flexibility index (Phi) is 9.14. The minimum atomic E-state index is -3.34. The molecule has 0 aromatic carbocycles. The summed E-state index contributed by atoms with van der Waals surface area (Å²) in [5.41, 5.74) is 5.71. The van der Waals surface area contributed by atoms with Gasteiger partial charge in [0.1, 0.15) is 18.8 Å². The third-order valence-electron chi connectivity index (χ3n) is 3.32. The number of sulfonamides is 1. The van der Waals surface area contributed by atoms with E-state index in [1.54, 1.807) is 0 Å². The lowest BCUT2D eigenvalue weighted by Crippen LogP contribution is -2.42. The van der Waals surface area contributed by atoms with Gasteiger partial charge in [0.2, 0.25) is 10.0 Å². The number of esters is 1. The molecule has 0 rings (SSSR count). The fourth-order valence-electron chi connectivity index (χ4n) is 1.39. The molecule has 7 nitrogen and oxygen atoms in total. The largest absolute Gasteiger partial charge is 0.462 e. The van der Waals surface area contributed by atoms with Gasteiger partial charge in [0.15, 0.2) is 0 Å². The maximum Gasteiger partial charge on any atom is 0.323 e. The highest BCUT2D eigenvalue weighted by Gasteiger charge is 2.23. The molecule has 3 atom stereocenters. The molecule has 0 unspecified atom stereocenters. The molecule has 0 amide bonds. The topological polar surface area (TPSA) is 108 Å². The predicted molar refractivity (Wildman–Crippen MR) is 85.8 cm³/mol. The van der Waals surface area contributed by atoms with E-state index >= 15 is 0 Å². The van der Waals surface area contributed by atoms with Gasteiger partial charge in [-0.3, -0.25) is 4.79 Å². The number of nitrogens with one attached hydrogen (secondary N) is 1. The molecule has 22 heavy (non-hydrogen) atoms. The third kappa shape index (κ3) is 9.34. The summed E-state index contributed by atoms with van der Waals surface area (Å²) in [5, 5.41) is 0. The molecule has 0 aromatic heterocycles. The second kappa shape index (κ2) is 9.44. The van der Waals surface area contributed by atoms with Crippen molar-refractivity contribution in [3.63, 3.8) is 0 Å². The maximum atomic E-state index is 11.8. The quantitative estimate of drug-likeness (QED) is 0.561. The minimum absolute atomic E-state index is 0.0319. The first-order valence-electron chi connectivity index (χ1n) is 7.46. The number of ether oxygens (including phenoxy) is 2. The van der Waals surface area contributed by atoms with Crippen LogP contribution >= 0.6 is 0 Å². The Morgan fingerprint density at radius 3 is 2.09 bits per heavy atom. The molecule has 132 valence electrons. The molecule has 0 saturated heterocycles. The third-order valence-corrected chi connectivity index (χ3v) is 4.01. The highest BCUT2D eigenvalue weighted by atomic mass is 32.2. The van der Waals surface area contributed by atoms with Crippen molar-refractivity contribution in [3.8, 4) is 0 Å². The van der Waals surface area contributed by atoms with Crippen molar-refractivity contribution < 1.29 is 22.7 Å².